The minimum Gasteiger partial charge on any atom is -0.465 e. The molecule has 1 saturated heterocycles. The molecule has 0 bridgehead atoms. The van der Waals surface area contributed by atoms with Gasteiger partial charge in [0.15, 0.2) is 0 Å². The molecule has 3 aliphatic rings. The Morgan fingerprint density at radius 1 is 0.962 bits per heavy atom. The summed E-state index contributed by atoms with van der Waals surface area (Å²) in [5.41, 5.74) is -3.03. The van der Waals surface area contributed by atoms with Crippen LogP contribution in [0.25, 0.3) is 16.7 Å². The Morgan fingerprint density at radius 2 is 1.63 bits per heavy atom. The highest BCUT2D eigenvalue weighted by Gasteiger charge is 2.46. The second-order valence-corrected chi connectivity index (χ2v) is 14.1. The van der Waals surface area contributed by atoms with Gasteiger partial charge in [-0.1, -0.05) is 55.8 Å². The van der Waals surface area contributed by atoms with Crippen LogP contribution in [0.4, 0.5) is 44.3 Å². The van der Waals surface area contributed by atoms with Crippen molar-refractivity contribution in [1.29, 1.82) is 0 Å². The van der Waals surface area contributed by atoms with Gasteiger partial charge < -0.3 is 9.47 Å². The molecule has 52 heavy (non-hydrogen) atoms. The Bertz CT molecular complexity index is 1890. The van der Waals surface area contributed by atoms with Gasteiger partial charge in [-0.05, 0) is 89.8 Å². The number of carbonyl (C=O) groups excluding carboxylic acids is 2. The molecule has 0 radical (unpaired) electrons. The van der Waals surface area contributed by atoms with Crippen LogP contribution in [0.2, 0.25) is 5.02 Å². The highest BCUT2D eigenvalue weighted by molar-refractivity contribution is 6.32. The normalized spacial score (nSPS) is 22.5. The number of rotatable bonds is 6. The number of cyclic esters (lactones) is 1. The maximum absolute atomic E-state index is 14.3. The van der Waals surface area contributed by atoms with E-state index in [2.05, 4.69) is 4.74 Å². The molecule has 2 aromatic rings. The Hall–Kier alpha value is -4.20. The molecule has 1 fully saturated rings. The molecular weight excluding hydrogens is 729 g/mol. The third-order valence-electron chi connectivity index (χ3n) is 9.53. The Labute approximate surface area is 298 Å². The van der Waals surface area contributed by atoms with E-state index in [4.69, 9.17) is 16.3 Å². The van der Waals surface area contributed by atoms with Crippen LogP contribution in [-0.2, 0) is 15.7 Å². The van der Waals surface area contributed by atoms with E-state index < -0.39 is 65.4 Å². The topological polar surface area (TPSA) is 55.8 Å². The van der Waals surface area contributed by atoms with Gasteiger partial charge >= 0.3 is 30.6 Å². The van der Waals surface area contributed by atoms with Crippen molar-refractivity contribution in [3.8, 4) is 11.1 Å². The number of esters is 1. The molecule has 5 nitrogen and oxygen atoms in total. The molecule has 15 heteroatoms. The van der Waals surface area contributed by atoms with Crippen LogP contribution in [0.15, 0.2) is 77.4 Å². The van der Waals surface area contributed by atoms with Crippen LogP contribution in [-0.4, -0.2) is 55.1 Å². The zero-order valence-electron chi connectivity index (χ0n) is 28.2. The largest absolute Gasteiger partial charge is 0.465 e. The molecule has 5 rings (SSSR count). The lowest BCUT2D eigenvalue weighted by Gasteiger charge is -2.36. The molecule has 1 heterocycles. The molecular formula is C37H33ClF9NO4. The third-order valence-corrected chi connectivity index (χ3v) is 9.86. The molecule has 0 aromatic heterocycles. The average molecular weight is 762 g/mol. The lowest BCUT2D eigenvalue weighted by Crippen LogP contribution is -2.39. The van der Waals surface area contributed by atoms with Gasteiger partial charge in [0.05, 0.1) is 35.4 Å². The average Bonchev–Trinajstić information content (AvgIpc) is 3.18. The van der Waals surface area contributed by atoms with E-state index in [1.165, 1.54) is 36.1 Å². The lowest BCUT2D eigenvalue weighted by atomic mass is 9.72. The number of halogens is 10. The first-order valence-corrected chi connectivity index (χ1v) is 16.4. The Kier molecular flexibility index (Phi) is 10.5. The summed E-state index contributed by atoms with van der Waals surface area (Å²) in [7, 11) is 1.05. The van der Waals surface area contributed by atoms with Gasteiger partial charge in [-0.25, -0.2) is 9.59 Å². The van der Waals surface area contributed by atoms with Crippen molar-refractivity contribution in [3.05, 3.63) is 99.1 Å². The first-order valence-electron chi connectivity index (χ1n) is 16.0. The van der Waals surface area contributed by atoms with Crippen molar-refractivity contribution >= 4 is 29.2 Å². The van der Waals surface area contributed by atoms with Crippen molar-refractivity contribution in [1.82, 2.24) is 4.90 Å². The van der Waals surface area contributed by atoms with E-state index in [9.17, 15) is 49.1 Å². The quantitative estimate of drug-likeness (QED) is 0.217. The Morgan fingerprint density at radius 3 is 2.25 bits per heavy atom. The van der Waals surface area contributed by atoms with Gasteiger partial charge in [0, 0.05) is 17.5 Å². The molecule has 2 unspecified atom stereocenters. The molecule has 280 valence electrons. The van der Waals surface area contributed by atoms with Crippen molar-refractivity contribution in [3.63, 3.8) is 0 Å². The predicted molar refractivity (Wildman–Crippen MR) is 175 cm³/mol. The first kappa shape index (κ1) is 39.0. The zero-order chi connectivity index (χ0) is 38.6. The van der Waals surface area contributed by atoms with Crippen molar-refractivity contribution in [2.24, 2.45) is 11.3 Å². The molecule has 2 aliphatic carbocycles. The number of ether oxygens (including phenoxy) is 2. The van der Waals surface area contributed by atoms with Crippen LogP contribution in [0.3, 0.4) is 0 Å². The predicted octanol–water partition coefficient (Wildman–Crippen LogP) is 11.1. The summed E-state index contributed by atoms with van der Waals surface area (Å²) in [6.07, 6.45) is -13.6. The first-order chi connectivity index (χ1) is 24.0. The number of hydrogen-bond acceptors (Lipinski definition) is 4. The fraction of sp³-hybridized carbons (Fsp3) is 0.405. The van der Waals surface area contributed by atoms with E-state index in [1.54, 1.807) is 0 Å². The molecule has 3 atom stereocenters. The van der Waals surface area contributed by atoms with Gasteiger partial charge in [0.1, 0.15) is 6.10 Å². The number of hydrogen-bond donors (Lipinski definition) is 0. The second kappa shape index (κ2) is 14.0. The van der Waals surface area contributed by atoms with Gasteiger partial charge in [0.25, 0.3) is 0 Å². The monoisotopic (exact) mass is 761 g/mol. The van der Waals surface area contributed by atoms with Crippen molar-refractivity contribution in [2.45, 2.75) is 70.7 Å². The molecule has 1 aliphatic heterocycles. The summed E-state index contributed by atoms with van der Waals surface area (Å²) in [4.78, 5) is 26.6. The SMILES string of the molecule is COC(=O)c1ccc(-c2ccc(Cl)c(C3=C(CN4C(=O)OC(C5C=CC(C(F)(F)F)=CC(C(F)(F)F)=C5)[C@@H]4C)CC(C)(C)CC3)c2)c(C(F)(F)F)c1. The minimum absolute atomic E-state index is 0.0138. The minimum atomic E-state index is -5.11. The summed E-state index contributed by atoms with van der Waals surface area (Å²) in [6.45, 7) is 5.40. The number of nitrogens with zero attached hydrogens (tertiary/aromatic N) is 1. The highest BCUT2D eigenvalue weighted by atomic mass is 35.5. The molecule has 0 saturated carbocycles. The van der Waals surface area contributed by atoms with Crippen molar-refractivity contribution in [2.75, 3.05) is 13.7 Å². The van der Waals surface area contributed by atoms with Gasteiger partial charge in [0.2, 0.25) is 0 Å². The van der Waals surface area contributed by atoms with Crippen LogP contribution < -0.4 is 0 Å². The lowest BCUT2D eigenvalue weighted by molar-refractivity contribution is -0.137. The standard InChI is InChI=1S/C37H33ClF9NO4/c1-19-31(21-5-8-24(35(39,40)41)16-25(13-21)36(42,43)44)52-33(50)48(19)18-23-17-34(2,3)12-11-26(23)28-14-20(7-10-30(28)38)27-9-6-22(32(49)51-4)15-29(27)37(45,46)47/h5-10,13-16,19,21,31H,11-12,17-18H2,1-4H3/t19-,21?,31?/m0/s1. The number of methoxy groups -OCH3 is 1. The van der Waals surface area contributed by atoms with Crippen LogP contribution in [0.5, 0.6) is 0 Å². The summed E-state index contributed by atoms with van der Waals surface area (Å²) in [5, 5.41) is 0.215. The van der Waals surface area contributed by atoms with Crippen molar-refractivity contribution < 1.29 is 58.6 Å². The second-order valence-electron chi connectivity index (χ2n) is 13.7. The van der Waals surface area contributed by atoms with Crippen LogP contribution >= 0.6 is 11.6 Å². The van der Waals surface area contributed by atoms with Gasteiger partial charge in [-0.15, -0.1) is 0 Å². The number of allylic oxidation sites excluding steroid dienone is 5. The molecule has 1 amide bonds. The summed E-state index contributed by atoms with van der Waals surface area (Å²) in [5.74, 6) is -2.30. The molecule has 2 aromatic carbocycles. The maximum atomic E-state index is 14.3. The van der Waals surface area contributed by atoms with E-state index in [0.29, 0.717) is 54.2 Å². The summed E-state index contributed by atoms with van der Waals surface area (Å²) < 4.78 is 135. The van der Waals surface area contributed by atoms with Crippen LogP contribution in [0.1, 0.15) is 61.5 Å². The fourth-order valence-corrected chi connectivity index (χ4v) is 7.06. The number of alkyl halides is 9. The fourth-order valence-electron chi connectivity index (χ4n) is 6.83. The number of benzene rings is 2. The highest BCUT2D eigenvalue weighted by Crippen LogP contribution is 2.47. The van der Waals surface area contributed by atoms with E-state index in [-0.39, 0.29) is 39.7 Å². The summed E-state index contributed by atoms with van der Waals surface area (Å²) in [6, 6.07) is 6.54. The molecule has 0 spiro atoms. The number of amides is 1. The van der Waals surface area contributed by atoms with Gasteiger partial charge in [-0.2, -0.15) is 39.5 Å². The number of carbonyl (C=O) groups is 2. The Balaban J connectivity index is 1.53. The summed E-state index contributed by atoms with van der Waals surface area (Å²) >= 11 is 6.66. The van der Waals surface area contributed by atoms with E-state index >= 15 is 0 Å². The smallest absolute Gasteiger partial charge is 0.417 e. The third kappa shape index (κ3) is 8.21. The zero-order valence-corrected chi connectivity index (χ0v) is 28.9. The van der Waals surface area contributed by atoms with Gasteiger partial charge in [-0.3, -0.25) is 4.90 Å². The van der Waals surface area contributed by atoms with Crippen LogP contribution in [0, 0.1) is 11.3 Å². The van der Waals surface area contributed by atoms with E-state index in [0.717, 1.165) is 19.3 Å². The molecule has 0 N–H and O–H groups in total. The van der Waals surface area contributed by atoms with E-state index in [1.807, 2.05) is 13.8 Å². The maximum Gasteiger partial charge on any atom is 0.417 e.